The summed E-state index contributed by atoms with van der Waals surface area (Å²) in [6.07, 6.45) is -2.63. The molecule has 2 aliphatic rings. The lowest BCUT2D eigenvalue weighted by atomic mass is 9.88. The Balaban J connectivity index is 1.63. The number of benzene rings is 2. The highest BCUT2D eigenvalue weighted by Crippen LogP contribution is 2.43. The second-order valence-electron chi connectivity index (χ2n) is 8.01. The van der Waals surface area contributed by atoms with Gasteiger partial charge in [0.15, 0.2) is 0 Å². The fourth-order valence-corrected chi connectivity index (χ4v) is 4.09. The Morgan fingerprint density at radius 3 is 2.31 bits per heavy atom. The van der Waals surface area contributed by atoms with E-state index in [0.29, 0.717) is 5.92 Å². The summed E-state index contributed by atoms with van der Waals surface area (Å²) >= 11 is 0. The molecular weight excluding hydrogens is 372 g/mol. The first-order valence-electron chi connectivity index (χ1n) is 10.1. The normalized spacial score (nSPS) is 29.6. The number of aliphatic hydroxyl groups excluding tert-OH is 4. The van der Waals surface area contributed by atoms with E-state index in [1.165, 1.54) is 18.4 Å². The van der Waals surface area contributed by atoms with Crippen LogP contribution in [-0.2, 0) is 11.2 Å². The largest absolute Gasteiger partial charge is 0.497 e. The Labute approximate surface area is 170 Å². The fourth-order valence-electron chi connectivity index (χ4n) is 4.09. The summed E-state index contributed by atoms with van der Waals surface area (Å²) in [4.78, 5) is 0. The van der Waals surface area contributed by atoms with Gasteiger partial charge in [-0.1, -0.05) is 30.3 Å². The van der Waals surface area contributed by atoms with Crippen molar-refractivity contribution in [1.82, 2.24) is 0 Å². The molecule has 6 nitrogen and oxygen atoms in total. The lowest BCUT2D eigenvalue weighted by Crippen LogP contribution is -2.55. The zero-order valence-electron chi connectivity index (χ0n) is 16.4. The summed E-state index contributed by atoms with van der Waals surface area (Å²) in [5.74, 6) is 1.37. The SMILES string of the molecule is COc1ccc(Cc2cc([C@@H]3O[C@H](CO)[C@@H](O)[C@H](O)[C@H]3O)ccc2C2CC2)cc1. The summed E-state index contributed by atoms with van der Waals surface area (Å²) in [6, 6.07) is 14.0. The molecule has 2 aromatic carbocycles. The van der Waals surface area contributed by atoms with Gasteiger partial charge in [-0.25, -0.2) is 0 Å². The van der Waals surface area contributed by atoms with E-state index in [1.54, 1.807) is 7.11 Å². The Bertz CT molecular complexity index is 830. The minimum atomic E-state index is -1.38. The van der Waals surface area contributed by atoms with Gasteiger partial charge in [-0.15, -0.1) is 0 Å². The van der Waals surface area contributed by atoms with Gasteiger partial charge in [-0.05, 0) is 59.6 Å². The number of ether oxygens (including phenoxy) is 2. The summed E-state index contributed by atoms with van der Waals surface area (Å²) in [7, 11) is 1.64. The van der Waals surface area contributed by atoms with Crippen LogP contribution in [0.15, 0.2) is 42.5 Å². The molecule has 6 heteroatoms. The number of hydrogen-bond acceptors (Lipinski definition) is 6. The third kappa shape index (κ3) is 4.17. The molecule has 1 saturated carbocycles. The molecule has 156 valence electrons. The molecule has 1 saturated heterocycles. The maximum Gasteiger partial charge on any atom is 0.118 e. The van der Waals surface area contributed by atoms with Crippen LogP contribution in [0.3, 0.4) is 0 Å². The van der Waals surface area contributed by atoms with Crippen LogP contribution in [0.2, 0.25) is 0 Å². The fraction of sp³-hybridized carbons (Fsp3) is 0.478. The van der Waals surface area contributed by atoms with Crippen molar-refractivity contribution in [1.29, 1.82) is 0 Å². The molecule has 4 N–H and O–H groups in total. The van der Waals surface area contributed by atoms with E-state index >= 15 is 0 Å². The molecule has 0 amide bonds. The standard InChI is InChI=1S/C23H28O6/c1-28-17-7-2-13(3-8-17)10-16-11-15(6-9-18(16)14-4-5-14)23-22(27)21(26)20(25)19(12-24)29-23/h2-3,6-9,11,14,19-27H,4-5,10,12H2,1H3/t19-,20-,21+,22-,23+/m1/s1. The average molecular weight is 400 g/mol. The average Bonchev–Trinajstić information content (AvgIpc) is 3.58. The van der Waals surface area contributed by atoms with Crippen molar-refractivity contribution in [3.05, 3.63) is 64.7 Å². The van der Waals surface area contributed by atoms with Crippen molar-refractivity contribution in [2.24, 2.45) is 0 Å². The van der Waals surface area contributed by atoms with Crippen LogP contribution in [0.1, 0.15) is 47.1 Å². The van der Waals surface area contributed by atoms with Gasteiger partial charge in [0.2, 0.25) is 0 Å². The van der Waals surface area contributed by atoms with Gasteiger partial charge in [0, 0.05) is 0 Å². The van der Waals surface area contributed by atoms with E-state index < -0.39 is 37.1 Å². The van der Waals surface area contributed by atoms with Crippen molar-refractivity contribution in [3.8, 4) is 5.75 Å². The highest BCUT2D eigenvalue weighted by molar-refractivity contribution is 5.42. The van der Waals surface area contributed by atoms with Crippen LogP contribution in [-0.4, -0.2) is 58.6 Å². The molecular formula is C23H28O6. The zero-order valence-corrected chi connectivity index (χ0v) is 16.4. The van der Waals surface area contributed by atoms with Gasteiger partial charge in [0.1, 0.15) is 36.3 Å². The van der Waals surface area contributed by atoms with Gasteiger partial charge in [-0.2, -0.15) is 0 Å². The highest BCUT2D eigenvalue weighted by Gasteiger charge is 2.44. The first-order valence-corrected chi connectivity index (χ1v) is 10.1. The number of methoxy groups -OCH3 is 1. The van der Waals surface area contributed by atoms with Crippen molar-refractivity contribution < 1.29 is 29.9 Å². The van der Waals surface area contributed by atoms with Gasteiger partial charge in [-0.3, -0.25) is 0 Å². The molecule has 1 aliphatic carbocycles. The molecule has 0 aromatic heterocycles. The molecule has 0 bridgehead atoms. The van der Waals surface area contributed by atoms with E-state index in [4.69, 9.17) is 9.47 Å². The highest BCUT2D eigenvalue weighted by atomic mass is 16.5. The molecule has 0 unspecified atom stereocenters. The topological polar surface area (TPSA) is 99.4 Å². The van der Waals surface area contributed by atoms with Crippen LogP contribution in [0.4, 0.5) is 0 Å². The number of hydrogen-bond donors (Lipinski definition) is 4. The van der Waals surface area contributed by atoms with E-state index in [1.807, 2.05) is 36.4 Å². The molecule has 0 spiro atoms. The second-order valence-corrected chi connectivity index (χ2v) is 8.01. The van der Waals surface area contributed by atoms with Crippen LogP contribution >= 0.6 is 0 Å². The van der Waals surface area contributed by atoms with Gasteiger partial charge in [0.25, 0.3) is 0 Å². The molecule has 2 fully saturated rings. The lowest BCUT2D eigenvalue weighted by molar-refractivity contribution is -0.231. The van der Waals surface area contributed by atoms with E-state index in [2.05, 4.69) is 6.07 Å². The van der Waals surface area contributed by atoms with Crippen LogP contribution in [0, 0.1) is 0 Å². The number of rotatable bonds is 6. The third-order valence-electron chi connectivity index (χ3n) is 5.96. The van der Waals surface area contributed by atoms with E-state index in [0.717, 1.165) is 28.9 Å². The molecule has 1 heterocycles. The smallest absolute Gasteiger partial charge is 0.118 e. The van der Waals surface area contributed by atoms with Crippen molar-refractivity contribution in [3.63, 3.8) is 0 Å². The Morgan fingerprint density at radius 1 is 0.966 bits per heavy atom. The Morgan fingerprint density at radius 2 is 1.69 bits per heavy atom. The third-order valence-corrected chi connectivity index (χ3v) is 5.96. The predicted molar refractivity (Wildman–Crippen MR) is 107 cm³/mol. The van der Waals surface area contributed by atoms with Gasteiger partial charge >= 0.3 is 0 Å². The molecule has 2 aromatic rings. The predicted octanol–water partition coefficient (Wildman–Crippen LogP) is 1.68. The number of aliphatic hydroxyl groups is 4. The first-order chi connectivity index (χ1) is 14.0. The van der Waals surface area contributed by atoms with Gasteiger partial charge in [0.05, 0.1) is 13.7 Å². The van der Waals surface area contributed by atoms with E-state index in [-0.39, 0.29) is 0 Å². The first kappa shape index (κ1) is 20.3. The minimum Gasteiger partial charge on any atom is -0.497 e. The maximum absolute atomic E-state index is 10.5. The van der Waals surface area contributed by atoms with Gasteiger partial charge < -0.3 is 29.9 Å². The van der Waals surface area contributed by atoms with Crippen LogP contribution < -0.4 is 4.74 Å². The van der Waals surface area contributed by atoms with Crippen LogP contribution in [0.5, 0.6) is 5.75 Å². The summed E-state index contributed by atoms with van der Waals surface area (Å²) in [5.41, 5.74) is 4.34. The van der Waals surface area contributed by atoms with E-state index in [9.17, 15) is 20.4 Å². The van der Waals surface area contributed by atoms with Crippen molar-refractivity contribution >= 4 is 0 Å². The summed E-state index contributed by atoms with van der Waals surface area (Å²) in [5, 5.41) is 40.1. The summed E-state index contributed by atoms with van der Waals surface area (Å²) < 4.78 is 11.0. The lowest BCUT2D eigenvalue weighted by Gasteiger charge is -2.40. The minimum absolute atomic E-state index is 0.430. The maximum atomic E-state index is 10.5. The molecule has 29 heavy (non-hydrogen) atoms. The second kappa shape index (κ2) is 8.42. The molecule has 0 radical (unpaired) electrons. The molecule has 1 aliphatic heterocycles. The summed E-state index contributed by atoms with van der Waals surface area (Å²) in [6.45, 7) is -0.430. The quantitative estimate of drug-likeness (QED) is 0.589. The Kier molecular flexibility index (Phi) is 5.90. The Hall–Kier alpha value is -1.96. The zero-order chi connectivity index (χ0) is 20.5. The molecule has 5 atom stereocenters. The van der Waals surface area contributed by atoms with Crippen LogP contribution in [0.25, 0.3) is 0 Å². The van der Waals surface area contributed by atoms with Crippen molar-refractivity contribution in [2.75, 3.05) is 13.7 Å². The van der Waals surface area contributed by atoms with Crippen molar-refractivity contribution in [2.45, 2.75) is 55.7 Å². The monoisotopic (exact) mass is 400 g/mol. The molecule has 4 rings (SSSR count).